The van der Waals surface area contributed by atoms with Gasteiger partial charge in [-0.1, -0.05) is 21.9 Å². The zero-order chi connectivity index (χ0) is 10.6. The number of rotatable bonds is 2. The van der Waals surface area contributed by atoms with Crippen LogP contribution < -0.4 is 5.73 Å². The molecule has 1 aromatic carbocycles. The van der Waals surface area contributed by atoms with Crippen molar-refractivity contribution in [1.82, 2.24) is 0 Å². The van der Waals surface area contributed by atoms with Crippen LogP contribution in [0.1, 0.15) is 23.7 Å². The highest BCUT2D eigenvalue weighted by molar-refractivity contribution is 9.10. The average Bonchev–Trinajstić information content (AvgIpc) is 2.18. The van der Waals surface area contributed by atoms with E-state index in [1.54, 1.807) is 25.1 Å². The van der Waals surface area contributed by atoms with Crippen molar-refractivity contribution in [1.29, 1.82) is 0 Å². The Morgan fingerprint density at radius 3 is 2.93 bits per heavy atom. The fraction of sp³-hybridized carbons (Fsp3) is 0.182. The first-order valence-electron chi connectivity index (χ1n) is 4.13. The lowest BCUT2D eigenvalue weighted by molar-refractivity contribution is 0.0999. The number of hydrogen-bond donors (Lipinski definition) is 1. The van der Waals surface area contributed by atoms with Gasteiger partial charge in [-0.15, -0.1) is 5.92 Å². The molecule has 0 radical (unpaired) electrons. The van der Waals surface area contributed by atoms with Crippen LogP contribution in [0.25, 0.3) is 0 Å². The summed E-state index contributed by atoms with van der Waals surface area (Å²) in [5, 5.41) is 0. The van der Waals surface area contributed by atoms with E-state index in [9.17, 15) is 4.79 Å². The van der Waals surface area contributed by atoms with Gasteiger partial charge in [-0.2, -0.15) is 0 Å². The van der Waals surface area contributed by atoms with E-state index in [2.05, 4.69) is 27.8 Å². The van der Waals surface area contributed by atoms with Gasteiger partial charge in [0.15, 0.2) is 5.78 Å². The molecule has 72 valence electrons. The molecule has 0 aromatic heterocycles. The Bertz CT molecular complexity index is 415. The van der Waals surface area contributed by atoms with E-state index in [1.807, 2.05) is 0 Å². The minimum atomic E-state index is -0.0434. The molecule has 2 nitrogen and oxygen atoms in total. The Labute approximate surface area is 91.6 Å². The molecule has 0 amide bonds. The molecule has 0 aliphatic heterocycles. The molecule has 0 heterocycles. The molecule has 0 bridgehead atoms. The van der Waals surface area contributed by atoms with Crippen molar-refractivity contribution in [2.24, 2.45) is 0 Å². The summed E-state index contributed by atoms with van der Waals surface area (Å²) in [7, 11) is 0. The Balaban J connectivity index is 2.98. The quantitative estimate of drug-likeness (QED) is 0.499. The van der Waals surface area contributed by atoms with E-state index in [1.165, 1.54) is 0 Å². The number of ketones is 1. The van der Waals surface area contributed by atoms with Crippen molar-refractivity contribution in [3.05, 3.63) is 28.2 Å². The second-order valence-electron chi connectivity index (χ2n) is 2.76. The maximum absolute atomic E-state index is 11.6. The first-order chi connectivity index (χ1) is 6.65. The second-order valence-corrected chi connectivity index (χ2v) is 3.67. The van der Waals surface area contributed by atoms with Crippen LogP contribution in [0.4, 0.5) is 5.69 Å². The van der Waals surface area contributed by atoms with Crippen LogP contribution in [0.2, 0.25) is 0 Å². The van der Waals surface area contributed by atoms with Crippen LogP contribution in [0.15, 0.2) is 22.7 Å². The lowest BCUT2D eigenvalue weighted by Gasteiger charge is -2.02. The van der Waals surface area contributed by atoms with Crippen molar-refractivity contribution < 1.29 is 4.79 Å². The normalized spacial score (nSPS) is 9.00. The zero-order valence-corrected chi connectivity index (χ0v) is 9.39. The molecular formula is C11H10BrNO. The number of anilines is 1. The molecule has 0 aliphatic carbocycles. The molecule has 0 unspecified atom stereocenters. The Kier molecular flexibility index (Phi) is 3.73. The summed E-state index contributed by atoms with van der Waals surface area (Å²) in [5.41, 5.74) is 6.70. The molecule has 2 N–H and O–H groups in total. The van der Waals surface area contributed by atoms with Crippen molar-refractivity contribution >= 4 is 27.4 Å². The minimum Gasteiger partial charge on any atom is -0.398 e. The lowest BCUT2D eigenvalue weighted by atomic mass is 10.1. The van der Waals surface area contributed by atoms with Crippen LogP contribution in [0, 0.1) is 11.8 Å². The predicted molar refractivity (Wildman–Crippen MR) is 61.0 cm³/mol. The number of Topliss-reactive ketones (excluding diaryl/α,β-unsaturated/α-hetero) is 1. The van der Waals surface area contributed by atoms with Crippen LogP contribution in [0.3, 0.4) is 0 Å². The Hall–Kier alpha value is -1.27. The van der Waals surface area contributed by atoms with E-state index >= 15 is 0 Å². The Morgan fingerprint density at radius 1 is 1.57 bits per heavy atom. The highest BCUT2D eigenvalue weighted by atomic mass is 79.9. The van der Waals surface area contributed by atoms with Crippen LogP contribution >= 0.6 is 15.9 Å². The van der Waals surface area contributed by atoms with E-state index in [0.717, 1.165) is 4.47 Å². The number of nitrogens with two attached hydrogens (primary N) is 1. The van der Waals surface area contributed by atoms with Crippen molar-refractivity contribution in [3.63, 3.8) is 0 Å². The summed E-state index contributed by atoms with van der Waals surface area (Å²) in [4.78, 5) is 11.6. The van der Waals surface area contributed by atoms with E-state index in [4.69, 9.17) is 5.73 Å². The zero-order valence-electron chi connectivity index (χ0n) is 7.80. The molecule has 0 atom stereocenters. The Morgan fingerprint density at radius 2 is 2.29 bits per heavy atom. The SMILES string of the molecule is CC#CCC(=O)c1cc(Br)ccc1N. The molecule has 1 rings (SSSR count). The van der Waals surface area contributed by atoms with Gasteiger partial charge in [0.25, 0.3) is 0 Å². The molecule has 0 aliphatic rings. The topological polar surface area (TPSA) is 43.1 Å². The molecule has 1 aromatic rings. The van der Waals surface area contributed by atoms with Crippen LogP contribution in [0.5, 0.6) is 0 Å². The van der Waals surface area contributed by atoms with Gasteiger partial charge in [-0.05, 0) is 25.1 Å². The number of carbonyl (C=O) groups is 1. The van der Waals surface area contributed by atoms with E-state index < -0.39 is 0 Å². The van der Waals surface area contributed by atoms with Gasteiger partial charge < -0.3 is 5.73 Å². The maximum atomic E-state index is 11.6. The fourth-order valence-corrected chi connectivity index (χ4v) is 1.39. The molecule has 0 saturated heterocycles. The maximum Gasteiger partial charge on any atom is 0.176 e. The fourth-order valence-electron chi connectivity index (χ4n) is 1.03. The van der Waals surface area contributed by atoms with E-state index in [-0.39, 0.29) is 12.2 Å². The van der Waals surface area contributed by atoms with Crippen LogP contribution in [-0.4, -0.2) is 5.78 Å². The molecule has 0 saturated carbocycles. The standard InChI is InChI=1S/C11H10BrNO/c1-2-3-4-11(14)9-7-8(12)5-6-10(9)13/h5-7H,4,13H2,1H3. The minimum absolute atomic E-state index is 0.0434. The summed E-state index contributed by atoms with van der Waals surface area (Å²) in [6, 6.07) is 5.23. The highest BCUT2D eigenvalue weighted by Gasteiger charge is 2.08. The van der Waals surface area contributed by atoms with Gasteiger partial charge >= 0.3 is 0 Å². The number of hydrogen-bond acceptors (Lipinski definition) is 2. The summed E-state index contributed by atoms with van der Waals surface area (Å²) in [6.45, 7) is 1.71. The second kappa shape index (κ2) is 4.83. The lowest BCUT2D eigenvalue weighted by Crippen LogP contribution is -2.02. The van der Waals surface area contributed by atoms with Gasteiger partial charge in [0.1, 0.15) is 0 Å². The van der Waals surface area contributed by atoms with Crippen molar-refractivity contribution in [2.45, 2.75) is 13.3 Å². The number of benzene rings is 1. The monoisotopic (exact) mass is 251 g/mol. The van der Waals surface area contributed by atoms with Gasteiger partial charge in [-0.25, -0.2) is 0 Å². The van der Waals surface area contributed by atoms with Gasteiger partial charge in [0.05, 0.1) is 6.42 Å². The number of carbonyl (C=O) groups excluding carboxylic acids is 1. The van der Waals surface area contributed by atoms with Gasteiger partial charge in [0.2, 0.25) is 0 Å². The highest BCUT2D eigenvalue weighted by Crippen LogP contribution is 2.19. The predicted octanol–water partition coefficient (Wildman–Crippen LogP) is 2.63. The van der Waals surface area contributed by atoms with Gasteiger partial charge in [0, 0.05) is 15.7 Å². The third kappa shape index (κ3) is 2.61. The third-order valence-corrected chi connectivity index (χ3v) is 2.23. The molecule has 14 heavy (non-hydrogen) atoms. The number of nitrogen functional groups attached to an aromatic ring is 1. The van der Waals surface area contributed by atoms with Crippen molar-refractivity contribution in [3.8, 4) is 11.8 Å². The smallest absolute Gasteiger partial charge is 0.176 e. The number of halogens is 1. The van der Waals surface area contributed by atoms with E-state index in [0.29, 0.717) is 11.3 Å². The van der Waals surface area contributed by atoms with Gasteiger partial charge in [-0.3, -0.25) is 4.79 Å². The molecular weight excluding hydrogens is 242 g/mol. The largest absolute Gasteiger partial charge is 0.398 e. The summed E-state index contributed by atoms with van der Waals surface area (Å²) in [5.74, 6) is 5.36. The average molecular weight is 252 g/mol. The molecule has 0 spiro atoms. The summed E-state index contributed by atoms with van der Waals surface area (Å²) < 4.78 is 0.847. The van der Waals surface area contributed by atoms with Crippen molar-refractivity contribution in [2.75, 3.05) is 5.73 Å². The molecule has 0 fully saturated rings. The summed E-state index contributed by atoms with van der Waals surface area (Å²) >= 11 is 3.29. The first-order valence-corrected chi connectivity index (χ1v) is 4.92. The summed E-state index contributed by atoms with van der Waals surface area (Å²) in [6.07, 6.45) is 0.219. The molecule has 3 heteroatoms. The third-order valence-electron chi connectivity index (χ3n) is 1.74. The van der Waals surface area contributed by atoms with Crippen LogP contribution in [-0.2, 0) is 0 Å². The first kappa shape index (κ1) is 10.8.